The van der Waals surface area contributed by atoms with Gasteiger partial charge in [0.2, 0.25) is 0 Å². The van der Waals surface area contributed by atoms with Crippen molar-refractivity contribution in [2.75, 3.05) is 20.2 Å². The molecule has 4 nitrogen and oxygen atoms in total. The van der Waals surface area contributed by atoms with E-state index in [1.807, 2.05) is 31.2 Å². The third kappa shape index (κ3) is 3.36. The minimum absolute atomic E-state index is 0.0192. The number of methoxy groups -OCH3 is 1. The van der Waals surface area contributed by atoms with Crippen LogP contribution in [0.4, 0.5) is 0 Å². The monoisotopic (exact) mass is 354 g/mol. The number of hydrogen-bond donors (Lipinski definition) is 1. The average molecular weight is 354 g/mol. The Morgan fingerprint density at radius 1 is 1.42 bits per heavy atom. The SMILES string of the molecule is C=CC1CN(C(C)[C@](C)(O)c2ccnc3ccc(OC)cc23)CCC1C. The third-order valence-electron chi connectivity index (χ3n) is 6.21. The lowest BCUT2D eigenvalue weighted by Crippen LogP contribution is -2.52. The van der Waals surface area contributed by atoms with Crippen molar-refractivity contribution in [1.82, 2.24) is 9.88 Å². The number of nitrogens with zero attached hydrogens (tertiary/aromatic N) is 2. The maximum atomic E-state index is 11.6. The van der Waals surface area contributed by atoms with Crippen LogP contribution in [0.1, 0.15) is 32.8 Å². The van der Waals surface area contributed by atoms with Crippen LogP contribution in [-0.4, -0.2) is 41.2 Å². The summed E-state index contributed by atoms with van der Waals surface area (Å²) in [7, 11) is 1.66. The van der Waals surface area contributed by atoms with Crippen LogP contribution < -0.4 is 4.74 Å². The van der Waals surface area contributed by atoms with Gasteiger partial charge in [-0.1, -0.05) is 13.0 Å². The van der Waals surface area contributed by atoms with Gasteiger partial charge in [0.1, 0.15) is 11.4 Å². The van der Waals surface area contributed by atoms with Gasteiger partial charge in [-0.15, -0.1) is 6.58 Å². The number of pyridine rings is 1. The highest BCUT2D eigenvalue weighted by Crippen LogP contribution is 2.36. The lowest BCUT2D eigenvalue weighted by Gasteiger charge is -2.44. The first-order valence-corrected chi connectivity index (χ1v) is 9.40. The van der Waals surface area contributed by atoms with Crippen LogP contribution in [0, 0.1) is 11.8 Å². The minimum Gasteiger partial charge on any atom is -0.497 e. The van der Waals surface area contributed by atoms with Gasteiger partial charge in [0.05, 0.1) is 12.6 Å². The molecule has 0 aliphatic carbocycles. The van der Waals surface area contributed by atoms with E-state index in [0.29, 0.717) is 11.8 Å². The van der Waals surface area contributed by atoms with Gasteiger partial charge in [0, 0.05) is 24.2 Å². The normalized spacial score (nSPS) is 24.8. The van der Waals surface area contributed by atoms with E-state index in [2.05, 4.69) is 36.4 Å². The predicted octanol–water partition coefficient (Wildman–Crippen LogP) is 3.98. The lowest BCUT2D eigenvalue weighted by atomic mass is 9.82. The van der Waals surface area contributed by atoms with Crippen molar-refractivity contribution in [2.24, 2.45) is 11.8 Å². The zero-order chi connectivity index (χ0) is 18.9. The molecule has 1 aliphatic heterocycles. The maximum Gasteiger partial charge on any atom is 0.119 e. The number of fused-ring (bicyclic) bond motifs is 1. The molecule has 0 radical (unpaired) electrons. The van der Waals surface area contributed by atoms with Crippen LogP contribution in [0.3, 0.4) is 0 Å². The van der Waals surface area contributed by atoms with Crippen LogP contribution in [0.25, 0.3) is 10.9 Å². The van der Waals surface area contributed by atoms with E-state index < -0.39 is 5.60 Å². The van der Waals surface area contributed by atoms with Gasteiger partial charge in [0.15, 0.2) is 0 Å². The molecule has 4 heteroatoms. The molecule has 2 heterocycles. The summed E-state index contributed by atoms with van der Waals surface area (Å²) in [5.74, 6) is 1.89. The summed E-state index contributed by atoms with van der Waals surface area (Å²) in [6.07, 6.45) is 4.96. The number of piperidine rings is 1. The van der Waals surface area contributed by atoms with Gasteiger partial charge in [-0.25, -0.2) is 0 Å². The molecule has 26 heavy (non-hydrogen) atoms. The van der Waals surface area contributed by atoms with Crippen LogP contribution >= 0.6 is 0 Å². The zero-order valence-corrected chi connectivity index (χ0v) is 16.3. The molecule has 1 fully saturated rings. The number of hydrogen-bond acceptors (Lipinski definition) is 4. The first kappa shape index (κ1) is 18.9. The summed E-state index contributed by atoms with van der Waals surface area (Å²) in [4.78, 5) is 6.83. The molecule has 0 saturated carbocycles. The van der Waals surface area contributed by atoms with Crippen molar-refractivity contribution in [2.45, 2.75) is 38.8 Å². The van der Waals surface area contributed by atoms with Crippen LogP contribution in [-0.2, 0) is 5.60 Å². The van der Waals surface area contributed by atoms with Gasteiger partial charge < -0.3 is 9.84 Å². The van der Waals surface area contributed by atoms with E-state index in [0.717, 1.165) is 41.7 Å². The Bertz CT molecular complexity index is 787. The van der Waals surface area contributed by atoms with E-state index in [-0.39, 0.29) is 6.04 Å². The summed E-state index contributed by atoms with van der Waals surface area (Å²) in [6.45, 7) is 12.2. The first-order chi connectivity index (χ1) is 12.4. The highest BCUT2D eigenvalue weighted by molar-refractivity contribution is 5.84. The number of likely N-dealkylation sites (tertiary alicyclic amines) is 1. The standard InChI is InChI=1S/C22H30N2O2/c1-6-17-14-24(12-10-15(17)2)16(3)22(4,25)20-9-11-23-21-8-7-18(26-5)13-19(20)21/h6-9,11,13,15-17,25H,1,10,12,14H2,2-5H3/t15?,16?,17?,22-/m0/s1. The number of aliphatic hydroxyl groups is 1. The van der Waals surface area contributed by atoms with Crippen molar-refractivity contribution in [3.63, 3.8) is 0 Å². The third-order valence-corrected chi connectivity index (χ3v) is 6.21. The highest BCUT2D eigenvalue weighted by Gasteiger charge is 2.38. The summed E-state index contributed by atoms with van der Waals surface area (Å²) < 4.78 is 5.38. The van der Waals surface area contributed by atoms with Gasteiger partial charge in [-0.05, 0) is 68.5 Å². The minimum atomic E-state index is -1.00. The zero-order valence-electron chi connectivity index (χ0n) is 16.3. The van der Waals surface area contributed by atoms with Gasteiger partial charge in [-0.2, -0.15) is 0 Å². The molecule has 2 aromatic rings. The largest absolute Gasteiger partial charge is 0.497 e. The Morgan fingerprint density at radius 2 is 2.19 bits per heavy atom. The Labute approximate surface area is 156 Å². The fourth-order valence-corrected chi connectivity index (χ4v) is 4.06. The fourth-order valence-electron chi connectivity index (χ4n) is 4.06. The summed E-state index contributed by atoms with van der Waals surface area (Å²) in [5, 5.41) is 12.5. The quantitative estimate of drug-likeness (QED) is 0.825. The van der Waals surface area contributed by atoms with Crippen LogP contribution in [0.15, 0.2) is 43.1 Å². The average Bonchev–Trinajstić information content (AvgIpc) is 2.66. The van der Waals surface area contributed by atoms with E-state index in [1.165, 1.54) is 0 Å². The van der Waals surface area contributed by atoms with Crippen molar-refractivity contribution in [3.8, 4) is 5.75 Å². The molecule has 3 unspecified atom stereocenters. The van der Waals surface area contributed by atoms with Gasteiger partial charge in [-0.3, -0.25) is 9.88 Å². The molecular formula is C22H30N2O2. The Morgan fingerprint density at radius 3 is 2.88 bits per heavy atom. The highest BCUT2D eigenvalue weighted by atomic mass is 16.5. The van der Waals surface area contributed by atoms with Crippen molar-refractivity contribution < 1.29 is 9.84 Å². The van der Waals surface area contributed by atoms with E-state index in [1.54, 1.807) is 13.3 Å². The lowest BCUT2D eigenvalue weighted by molar-refractivity contribution is -0.0454. The van der Waals surface area contributed by atoms with Crippen molar-refractivity contribution in [1.29, 1.82) is 0 Å². The Kier molecular flexibility index (Phi) is 5.35. The second-order valence-electron chi connectivity index (χ2n) is 7.73. The second kappa shape index (κ2) is 7.37. The maximum absolute atomic E-state index is 11.6. The van der Waals surface area contributed by atoms with E-state index >= 15 is 0 Å². The van der Waals surface area contributed by atoms with Gasteiger partial charge >= 0.3 is 0 Å². The molecule has 0 spiro atoms. The molecule has 0 amide bonds. The molecule has 4 atom stereocenters. The van der Waals surface area contributed by atoms with E-state index in [4.69, 9.17) is 4.74 Å². The molecule has 1 saturated heterocycles. The summed E-state index contributed by atoms with van der Waals surface area (Å²) >= 11 is 0. The molecule has 1 aromatic heterocycles. The van der Waals surface area contributed by atoms with Gasteiger partial charge in [0.25, 0.3) is 0 Å². The van der Waals surface area contributed by atoms with Crippen molar-refractivity contribution in [3.05, 3.63) is 48.7 Å². The molecular weight excluding hydrogens is 324 g/mol. The summed E-state index contributed by atoms with van der Waals surface area (Å²) in [5.41, 5.74) is 0.759. The molecule has 140 valence electrons. The van der Waals surface area contributed by atoms with Crippen molar-refractivity contribution >= 4 is 10.9 Å². The number of ether oxygens (including phenoxy) is 1. The summed E-state index contributed by atoms with van der Waals surface area (Å²) in [6, 6.07) is 7.71. The predicted molar refractivity (Wildman–Crippen MR) is 106 cm³/mol. The molecule has 1 N–H and O–H groups in total. The number of benzene rings is 1. The number of rotatable bonds is 5. The van der Waals surface area contributed by atoms with E-state index in [9.17, 15) is 5.11 Å². The molecule has 1 aromatic carbocycles. The number of aromatic nitrogens is 1. The first-order valence-electron chi connectivity index (χ1n) is 9.40. The molecule has 1 aliphatic rings. The topological polar surface area (TPSA) is 45.6 Å². The second-order valence-corrected chi connectivity index (χ2v) is 7.73. The molecule has 3 rings (SSSR count). The van der Waals surface area contributed by atoms with Crippen LogP contribution in [0.5, 0.6) is 5.75 Å². The van der Waals surface area contributed by atoms with Crippen LogP contribution in [0.2, 0.25) is 0 Å². The Balaban J connectivity index is 1.96. The smallest absolute Gasteiger partial charge is 0.119 e. The fraction of sp³-hybridized carbons (Fsp3) is 0.500. The Hall–Kier alpha value is -1.91. The molecule has 0 bridgehead atoms.